The van der Waals surface area contributed by atoms with Gasteiger partial charge >= 0.3 is 29.6 Å². The SMILES string of the molecule is C[C@@H](O)[C@H]1C(=O)N2C(C(=O)[O-])=C([C@H]3CCCO3)S(=O)[C@H]12.[Na+]. The third-order valence-corrected chi connectivity index (χ3v) is 5.76. The van der Waals surface area contributed by atoms with Crippen LogP contribution in [-0.4, -0.2) is 50.3 Å². The van der Waals surface area contributed by atoms with Crippen molar-refractivity contribution in [3.05, 3.63) is 10.6 Å². The van der Waals surface area contributed by atoms with Crippen molar-refractivity contribution in [3.63, 3.8) is 0 Å². The largest absolute Gasteiger partial charge is 1.00 e. The minimum Gasteiger partial charge on any atom is -0.543 e. The number of carbonyl (C=O) groups is 2. The van der Waals surface area contributed by atoms with Crippen molar-refractivity contribution in [1.82, 2.24) is 4.90 Å². The Labute approximate surface area is 146 Å². The first-order valence-electron chi connectivity index (χ1n) is 6.44. The zero-order chi connectivity index (χ0) is 14.6. The van der Waals surface area contributed by atoms with E-state index in [1.807, 2.05) is 0 Å². The number of hydrogen-bond donors (Lipinski definition) is 1. The van der Waals surface area contributed by atoms with Crippen molar-refractivity contribution < 1.29 is 58.3 Å². The van der Waals surface area contributed by atoms with Crippen LogP contribution in [-0.2, 0) is 25.1 Å². The number of carbonyl (C=O) groups excluding carboxylic acids is 2. The summed E-state index contributed by atoms with van der Waals surface area (Å²) < 4.78 is 17.9. The van der Waals surface area contributed by atoms with Gasteiger partial charge in [-0.3, -0.25) is 13.9 Å². The van der Waals surface area contributed by atoms with Crippen molar-refractivity contribution in [2.45, 2.75) is 37.3 Å². The van der Waals surface area contributed by atoms with Gasteiger partial charge in [0.2, 0.25) is 5.91 Å². The molecular weight excluding hydrogens is 309 g/mol. The van der Waals surface area contributed by atoms with Gasteiger partial charge in [0.1, 0.15) is 5.37 Å². The minimum atomic E-state index is -1.68. The zero-order valence-electron chi connectivity index (χ0n) is 11.8. The third-order valence-electron chi connectivity index (χ3n) is 3.93. The first-order chi connectivity index (χ1) is 9.45. The number of hydrogen-bond acceptors (Lipinski definition) is 6. The number of amides is 1. The van der Waals surface area contributed by atoms with Gasteiger partial charge < -0.3 is 19.7 Å². The van der Waals surface area contributed by atoms with E-state index in [1.54, 1.807) is 0 Å². The van der Waals surface area contributed by atoms with Crippen molar-refractivity contribution in [2.24, 2.45) is 5.92 Å². The van der Waals surface area contributed by atoms with E-state index in [9.17, 15) is 24.0 Å². The first-order valence-corrected chi connectivity index (χ1v) is 7.65. The number of fused-ring (bicyclic) bond motifs is 1. The van der Waals surface area contributed by atoms with Crippen molar-refractivity contribution >= 4 is 22.7 Å². The number of aliphatic hydroxyl groups excluding tert-OH is 1. The smallest absolute Gasteiger partial charge is 0.543 e. The summed E-state index contributed by atoms with van der Waals surface area (Å²) in [5.41, 5.74) is -0.331. The van der Waals surface area contributed by atoms with Gasteiger partial charge in [-0.1, -0.05) is 0 Å². The molecule has 0 bridgehead atoms. The minimum absolute atomic E-state index is 0. The molecule has 1 unspecified atom stereocenters. The number of carboxylic acids is 1. The Morgan fingerprint density at radius 2 is 2.24 bits per heavy atom. The number of aliphatic carboxylic acids is 1. The van der Waals surface area contributed by atoms with Gasteiger partial charge in [0.25, 0.3) is 0 Å². The Morgan fingerprint density at radius 1 is 1.57 bits per heavy atom. The van der Waals surface area contributed by atoms with E-state index in [0.29, 0.717) is 13.0 Å². The Balaban J connectivity index is 0.00000161. The van der Waals surface area contributed by atoms with Crippen LogP contribution in [0.4, 0.5) is 0 Å². The fourth-order valence-corrected chi connectivity index (χ4v) is 5.10. The molecule has 9 heteroatoms. The van der Waals surface area contributed by atoms with E-state index in [-0.39, 0.29) is 40.2 Å². The maximum atomic E-state index is 12.5. The number of ether oxygens (including phenoxy) is 1. The van der Waals surface area contributed by atoms with E-state index in [2.05, 4.69) is 0 Å². The summed E-state index contributed by atoms with van der Waals surface area (Å²) in [7, 11) is -1.68. The average molecular weight is 323 g/mol. The van der Waals surface area contributed by atoms with E-state index in [1.165, 1.54) is 6.92 Å². The summed E-state index contributed by atoms with van der Waals surface area (Å²) in [5, 5.41) is 20.1. The van der Waals surface area contributed by atoms with E-state index in [0.717, 1.165) is 11.3 Å². The standard InChI is InChI=1S/C12H15NO6S.Na/c1-5(14)7-10(15)13-8(12(16)17)9(20(18)11(7)13)6-3-2-4-19-6;/h5-7,11,14H,2-4H2,1H3,(H,16,17);/q;+1/p-1/t5-,6-,7+,11-,20?;/m1./s1. The normalized spacial score (nSPS) is 36.1. The van der Waals surface area contributed by atoms with E-state index < -0.39 is 46.2 Å². The van der Waals surface area contributed by atoms with Crippen LogP contribution in [0.2, 0.25) is 0 Å². The monoisotopic (exact) mass is 323 g/mol. The van der Waals surface area contributed by atoms with Crippen LogP contribution >= 0.6 is 0 Å². The zero-order valence-corrected chi connectivity index (χ0v) is 14.6. The Bertz CT molecular complexity index is 542. The summed E-state index contributed by atoms with van der Waals surface area (Å²) in [5.74, 6) is -2.88. The van der Waals surface area contributed by atoms with Gasteiger partial charge in [-0.25, -0.2) is 0 Å². The summed E-state index contributed by atoms with van der Waals surface area (Å²) in [6.45, 7) is 1.91. The van der Waals surface area contributed by atoms with Crippen LogP contribution in [0.1, 0.15) is 19.8 Å². The average Bonchev–Trinajstić information content (AvgIpc) is 2.93. The molecule has 3 heterocycles. The van der Waals surface area contributed by atoms with Crippen molar-refractivity contribution in [1.29, 1.82) is 0 Å². The Kier molecular flexibility index (Phi) is 4.97. The molecule has 2 saturated heterocycles. The molecule has 2 fully saturated rings. The van der Waals surface area contributed by atoms with Crippen molar-refractivity contribution in [2.75, 3.05) is 6.61 Å². The molecule has 110 valence electrons. The number of β-lactam (4-membered cyclic amide) rings is 1. The predicted molar refractivity (Wildman–Crippen MR) is 65.0 cm³/mol. The Hall–Kier alpha value is -0.250. The van der Waals surface area contributed by atoms with Crippen LogP contribution in [0.15, 0.2) is 10.6 Å². The van der Waals surface area contributed by atoms with Gasteiger partial charge in [-0.15, -0.1) is 0 Å². The molecule has 3 aliphatic heterocycles. The van der Waals surface area contributed by atoms with E-state index in [4.69, 9.17) is 4.74 Å². The molecule has 5 atom stereocenters. The maximum Gasteiger partial charge on any atom is 1.00 e. The fraction of sp³-hybridized carbons (Fsp3) is 0.667. The predicted octanol–water partition coefficient (Wildman–Crippen LogP) is -4.94. The van der Waals surface area contributed by atoms with Crippen LogP contribution in [0.3, 0.4) is 0 Å². The summed E-state index contributed by atoms with van der Waals surface area (Å²) >= 11 is 0. The summed E-state index contributed by atoms with van der Waals surface area (Å²) in [6, 6.07) is 0. The van der Waals surface area contributed by atoms with Crippen LogP contribution < -0.4 is 34.7 Å². The first kappa shape index (κ1) is 17.1. The molecule has 21 heavy (non-hydrogen) atoms. The molecule has 0 aromatic rings. The molecule has 3 aliphatic rings. The van der Waals surface area contributed by atoms with Crippen molar-refractivity contribution in [3.8, 4) is 0 Å². The third kappa shape index (κ3) is 2.42. The van der Waals surface area contributed by atoms with Gasteiger partial charge in [-0.2, -0.15) is 0 Å². The fourth-order valence-electron chi connectivity index (χ4n) is 3.01. The van der Waals surface area contributed by atoms with E-state index >= 15 is 0 Å². The molecule has 0 radical (unpaired) electrons. The summed E-state index contributed by atoms with van der Waals surface area (Å²) in [4.78, 5) is 24.4. The van der Waals surface area contributed by atoms with Gasteiger partial charge in [-0.05, 0) is 19.8 Å². The second-order valence-electron chi connectivity index (χ2n) is 5.16. The topological polar surface area (TPSA) is 107 Å². The number of rotatable bonds is 3. The maximum absolute atomic E-state index is 12.5. The quantitative estimate of drug-likeness (QED) is 0.412. The van der Waals surface area contributed by atoms with Crippen LogP contribution in [0, 0.1) is 5.92 Å². The molecule has 0 aromatic carbocycles. The van der Waals surface area contributed by atoms with Crippen LogP contribution in [0.25, 0.3) is 0 Å². The molecule has 0 aliphatic carbocycles. The number of nitrogens with zero attached hydrogens (tertiary/aromatic N) is 1. The second kappa shape index (κ2) is 6.10. The molecule has 0 saturated carbocycles. The molecule has 0 aromatic heterocycles. The number of aliphatic hydroxyl groups is 1. The van der Waals surface area contributed by atoms with Crippen LogP contribution in [0.5, 0.6) is 0 Å². The molecule has 1 amide bonds. The molecule has 0 spiro atoms. The number of carboxylic acid groups (broad SMARTS) is 1. The van der Waals surface area contributed by atoms with Gasteiger partial charge in [0, 0.05) is 6.61 Å². The molecular formula is C12H14NNaO6S. The molecule has 7 nitrogen and oxygen atoms in total. The Morgan fingerprint density at radius 3 is 2.71 bits per heavy atom. The summed E-state index contributed by atoms with van der Waals surface area (Å²) in [6.07, 6.45) is -0.188. The molecule has 1 N–H and O–H groups in total. The molecule has 3 rings (SSSR count). The van der Waals surface area contributed by atoms with Gasteiger partial charge in [0.05, 0.1) is 45.5 Å². The second-order valence-corrected chi connectivity index (χ2v) is 6.68. The van der Waals surface area contributed by atoms with Gasteiger partial charge in [0.15, 0.2) is 0 Å².